The Labute approximate surface area is 95.6 Å². The van der Waals surface area contributed by atoms with Crippen molar-refractivity contribution < 1.29 is 27.9 Å². The van der Waals surface area contributed by atoms with E-state index in [9.17, 15) is 22.8 Å². The van der Waals surface area contributed by atoms with Crippen molar-refractivity contribution in [2.75, 3.05) is 13.6 Å². The topological polar surface area (TPSA) is 69.6 Å². The molecule has 0 aromatic rings. The van der Waals surface area contributed by atoms with Crippen LogP contribution < -0.4 is 5.32 Å². The molecule has 0 aromatic carbocycles. The van der Waals surface area contributed by atoms with Crippen molar-refractivity contribution >= 4 is 11.9 Å². The van der Waals surface area contributed by atoms with Crippen molar-refractivity contribution in [1.82, 2.24) is 10.2 Å². The first-order valence-corrected chi connectivity index (χ1v) is 5.05. The first kappa shape index (κ1) is 13.8. The first-order chi connectivity index (χ1) is 7.77. The van der Waals surface area contributed by atoms with Crippen LogP contribution in [-0.2, 0) is 9.59 Å². The van der Waals surface area contributed by atoms with Gasteiger partial charge in [-0.05, 0) is 19.9 Å². The summed E-state index contributed by atoms with van der Waals surface area (Å²) in [4.78, 5) is 22.3. The van der Waals surface area contributed by atoms with Crippen molar-refractivity contribution in [3.8, 4) is 0 Å². The van der Waals surface area contributed by atoms with Crippen molar-refractivity contribution in [1.29, 1.82) is 0 Å². The molecule has 1 rings (SSSR count). The van der Waals surface area contributed by atoms with Gasteiger partial charge in [-0.15, -0.1) is 0 Å². The molecule has 98 valence electrons. The van der Waals surface area contributed by atoms with Crippen LogP contribution in [0, 0.1) is 0 Å². The fourth-order valence-corrected chi connectivity index (χ4v) is 1.85. The summed E-state index contributed by atoms with van der Waals surface area (Å²) in [5.41, 5.74) is 0. The van der Waals surface area contributed by atoms with E-state index in [0.717, 1.165) is 0 Å². The van der Waals surface area contributed by atoms with Crippen molar-refractivity contribution in [2.45, 2.75) is 31.1 Å². The second kappa shape index (κ2) is 4.91. The molecule has 1 heterocycles. The first-order valence-electron chi connectivity index (χ1n) is 5.05. The number of carbonyl (C=O) groups excluding carboxylic acids is 1. The van der Waals surface area contributed by atoms with Gasteiger partial charge in [-0.25, -0.2) is 4.79 Å². The lowest BCUT2D eigenvalue weighted by atomic mass is 9.98. The molecule has 2 N–H and O–H groups in total. The standard InChI is InChI=1S/C9H13F3N2O3/c1-13-5-2-3-6(7(15)16)14(4-5)8(17)9(10,11)12/h5-6,13H,2-4H2,1H3,(H,15,16)/t5-,6+/m1/s1. The highest BCUT2D eigenvalue weighted by Crippen LogP contribution is 2.25. The molecular weight excluding hydrogens is 241 g/mol. The molecular formula is C9H13F3N2O3. The summed E-state index contributed by atoms with van der Waals surface area (Å²) in [6.07, 6.45) is -4.60. The van der Waals surface area contributed by atoms with E-state index < -0.39 is 24.1 Å². The van der Waals surface area contributed by atoms with E-state index in [0.29, 0.717) is 11.3 Å². The maximum Gasteiger partial charge on any atom is 0.471 e. The maximum absolute atomic E-state index is 12.3. The number of rotatable bonds is 2. The number of carboxylic acid groups (broad SMARTS) is 1. The number of hydrogen-bond donors (Lipinski definition) is 2. The molecule has 8 heteroatoms. The number of amides is 1. The lowest BCUT2D eigenvalue weighted by Crippen LogP contribution is -2.57. The van der Waals surface area contributed by atoms with Crippen LogP contribution in [-0.4, -0.2) is 53.7 Å². The van der Waals surface area contributed by atoms with E-state index in [1.807, 2.05) is 0 Å². The average molecular weight is 254 g/mol. The number of likely N-dealkylation sites (tertiary alicyclic amines) is 1. The quantitative estimate of drug-likeness (QED) is 0.739. The van der Waals surface area contributed by atoms with Gasteiger partial charge in [0, 0.05) is 12.6 Å². The van der Waals surface area contributed by atoms with E-state index in [-0.39, 0.29) is 19.0 Å². The molecule has 2 atom stereocenters. The zero-order valence-corrected chi connectivity index (χ0v) is 9.12. The number of carbonyl (C=O) groups is 2. The minimum Gasteiger partial charge on any atom is -0.480 e. The van der Waals surface area contributed by atoms with Gasteiger partial charge in [0.15, 0.2) is 0 Å². The van der Waals surface area contributed by atoms with Crippen LogP contribution in [0.4, 0.5) is 13.2 Å². The Morgan fingerprint density at radius 1 is 1.35 bits per heavy atom. The maximum atomic E-state index is 12.3. The Balaban J connectivity index is 2.88. The lowest BCUT2D eigenvalue weighted by Gasteiger charge is -2.37. The van der Waals surface area contributed by atoms with Gasteiger partial charge in [-0.1, -0.05) is 0 Å². The minimum absolute atomic E-state index is 0.0165. The highest BCUT2D eigenvalue weighted by atomic mass is 19.4. The van der Waals surface area contributed by atoms with Gasteiger partial charge in [-0.2, -0.15) is 13.2 Å². The molecule has 0 radical (unpaired) electrons. The minimum atomic E-state index is -5.04. The van der Waals surface area contributed by atoms with Gasteiger partial charge < -0.3 is 15.3 Å². The third-order valence-electron chi connectivity index (χ3n) is 2.78. The van der Waals surface area contributed by atoms with Crippen LogP contribution in [0.3, 0.4) is 0 Å². The second-order valence-corrected chi connectivity index (χ2v) is 3.87. The summed E-state index contributed by atoms with van der Waals surface area (Å²) in [5, 5.41) is 11.5. The van der Waals surface area contributed by atoms with Crippen LogP contribution in [0.5, 0.6) is 0 Å². The number of carboxylic acids is 1. The molecule has 1 saturated heterocycles. The molecule has 0 unspecified atom stereocenters. The number of alkyl halides is 3. The highest BCUT2D eigenvalue weighted by molar-refractivity contribution is 5.87. The third kappa shape index (κ3) is 3.09. The SMILES string of the molecule is CN[C@@H]1CC[C@@H](C(=O)O)N(C(=O)C(F)(F)F)C1. The van der Waals surface area contributed by atoms with E-state index in [1.165, 1.54) is 0 Å². The molecule has 1 aliphatic rings. The van der Waals surface area contributed by atoms with Gasteiger partial charge in [0.25, 0.3) is 0 Å². The van der Waals surface area contributed by atoms with Gasteiger partial charge in [0.2, 0.25) is 0 Å². The molecule has 5 nitrogen and oxygen atoms in total. The molecule has 0 aliphatic carbocycles. The summed E-state index contributed by atoms with van der Waals surface area (Å²) in [7, 11) is 1.56. The van der Waals surface area contributed by atoms with Gasteiger partial charge >= 0.3 is 18.1 Å². The summed E-state index contributed by atoms with van der Waals surface area (Å²) in [5.74, 6) is -3.50. The van der Waals surface area contributed by atoms with Crippen LogP contribution in [0.25, 0.3) is 0 Å². The zero-order valence-electron chi connectivity index (χ0n) is 9.12. The smallest absolute Gasteiger partial charge is 0.471 e. The summed E-state index contributed by atoms with van der Waals surface area (Å²) in [6, 6.07) is -1.70. The van der Waals surface area contributed by atoms with Crippen molar-refractivity contribution in [3.05, 3.63) is 0 Å². The molecule has 17 heavy (non-hydrogen) atoms. The molecule has 1 amide bonds. The summed E-state index contributed by atoms with van der Waals surface area (Å²) >= 11 is 0. The van der Waals surface area contributed by atoms with Crippen LogP contribution in [0.2, 0.25) is 0 Å². The van der Waals surface area contributed by atoms with Crippen LogP contribution >= 0.6 is 0 Å². The molecule has 1 aliphatic heterocycles. The number of nitrogens with zero attached hydrogens (tertiary/aromatic N) is 1. The predicted molar refractivity (Wildman–Crippen MR) is 51.3 cm³/mol. The number of likely N-dealkylation sites (N-methyl/N-ethyl adjacent to an activating group) is 1. The lowest BCUT2D eigenvalue weighted by molar-refractivity contribution is -0.191. The van der Waals surface area contributed by atoms with Crippen LogP contribution in [0.15, 0.2) is 0 Å². The Morgan fingerprint density at radius 2 is 1.94 bits per heavy atom. The number of aliphatic carboxylic acids is 1. The van der Waals surface area contributed by atoms with E-state index in [4.69, 9.17) is 5.11 Å². The molecule has 1 fully saturated rings. The summed E-state index contributed by atoms with van der Waals surface area (Å²) in [6.45, 7) is -0.244. The number of piperidine rings is 1. The van der Waals surface area contributed by atoms with E-state index >= 15 is 0 Å². The number of hydrogen-bond acceptors (Lipinski definition) is 3. The Hall–Kier alpha value is -1.31. The van der Waals surface area contributed by atoms with E-state index in [2.05, 4.69) is 5.32 Å². The Morgan fingerprint density at radius 3 is 2.35 bits per heavy atom. The Bertz CT molecular complexity index is 319. The predicted octanol–water partition coefficient (Wildman–Crippen LogP) is 0.212. The van der Waals surface area contributed by atoms with Gasteiger partial charge in [-0.3, -0.25) is 4.79 Å². The zero-order chi connectivity index (χ0) is 13.2. The van der Waals surface area contributed by atoms with Crippen LogP contribution in [0.1, 0.15) is 12.8 Å². The fraction of sp³-hybridized carbons (Fsp3) is 0.778. The van der Waals surface area contributed by atoms with Gasteiger partial charge in [0.05, 0.1) is 0 Å². The Kier molecular flexibility index (Phi) is 3.97. The monoisotopic (exact) mass is 254 g/mol. The van der Waals surface area contributed by atoms with Gasteiger partial charge in [0.1, 0.15) is 6.04 Å². The summed E-state index contributed by atoms with van der Waals surface area (Å²) < 4.78 is 36.9. The van der Waals surface area contributed by atoms with Crippen molar-refractivity contribution in [2.24, 2.45) is 0 Å². The third-order valence-corrected chi connectivity index (χ3v) is 2.78. The van der Waals surface area contributed by atoms with E-state index in [1.54, 1.807) is 7.05 Å². The second-order valence-electron chi connectivity index (χ2n) is 3.87. The molecule has 0 spiro atoms. The fourth-order valence-electron chi connectivity index (χ4n) is 1.85. The van der Waals surface area contributed by atoms with Crippen molar-refractivity contribution in [3.63, 3.8) is 0 Å². The number of nitrogens with one attached hydrogen (secondary N) is 1. The largest absolute Gasteiger partial charge is 0.480 e. The molecule has 0 aromatic heterocycles. The number of halogens is 3. The molecule has 0 saturated carbocycles. The average Bonchev–Trinajstić information content (AvgIpc) is 2.25. The molecule has 0 bridgehead atoms. The highest BCUT2D eigenvalue weighted by Gasteiger charge is 2.48. The normalized spacial score (nSPS) is 25.8.